The Balaban J connectivity index is 1.32. The van der Waals surface area contributed by atoms with Crippen LogP contribution in [0.5, 0.6) is 5.75 Å². The largest absolute Gasteiger partial charge is 0.506 e. The van der Waals surface area contributed by atoms with Crippen molar-refractivity contribution < 1.29 is 10.2 Å². The maximum absolute atomic E-state index is 13.2. The summed E-state index contributed by atoms with van der Waals surface area (Å²) in [6.45, 7) is 5.46. The van der Waals surface area contributed by atoms with Crippen LogP contribution >= 0.6 is 0 Å². The van der Waals surface area contributed by atoms with Gasteiger partial charge in [0, 0.05) is 35.6 Å². The summed E-state index contributed by atoms with van der Waals surface area (Å²) in [5, 5.41) is 25.2. The van der Waals surface area contributed by atoms with Crippen molar-refractivity contribution in [1.29, 1.82) is 0 Å². The van der Waals surface area contributed by atoms with E-state index in [0.29, 0.717) is 17.7 Å². The summed E-state index contributed by atoms with van der Waals surface area (Å²) >= 11 is 0. The molecule has 1 spiro atoms. The van der Waals surface area contributed by atoms with Gasteiger partial charge in [0.15, 0.2) is 0 Å². The monoisotopic (exact) mass is 582 g/mol. The fourth-order valence-electron chi connectivity index (χ4n) is 10.5. The van der Waals surface area contributed by atoms with Crippen LogP contribution in [0.25, 0.3) is 10.9 Å². The second kappa shape index (κ2) is 10.9. The number of H-pyrrole nitrogens is 1. The number of nitrogens with one attached hydrogen (secondary N) is 1. The number of phenolic OH excluding ortho intramolecular Hbond substituents is 1. The molecule has 43 heavy (non-hydrogen) atoms. The average molecular weight is 583 g/mol. The molecule has 3 bridgehead atoms. The van der Waals surface area contributed by atoms with Gasteiger partial charge in [-0.05, 0) is 120 Å². The Hall–Kier alpha value is -2.38. The molecule has 6 aliphatic rings. The van der Waals surface area contributed by atoms with Crippen LogP contribution in [0.4, 0.5) is 0 Å². The van der Waals surface area contributed by atoms with Crippen LogP contribution in [0.15, 0.2) is 54.2 Å². The zero-order chi connectivity index (χ0) is 29.2. The lowest BCUT2D eigenvalue weighted by atomic mass is 9.54. The van der Waals surface area contributed by atoms with Crippen molar-refractivity contribution in [2.45, 2.75) is 94.4 Å². The van der Waals surface area contributed by atoms with E-state index in [1.54, 1.807) is 6.07 Å². The number of aromatic nitrogens is 1. The number of phenols is 1. The SMILES string of the molecule is CN1CCc2c([nH]c3c(O)cccc23)C1C1=C[C@@]2(O)CC/C=C\CCCCN3CC[C@@H]1[C@]1(CC4/C=C\CCCCN4[C@H]12)C3. The quantitative estimate of drug-likeness (QED) is 0.356. The number of hydrogen-bond acceptors (Lipinski definition) is 5. The summed E-state index contributed by atoms with van der Waals surface area (Å²) in [6.07, 6.45) is 24.3. The van der Waals surface area contributed by atoms with Crippen molar-refractivity contribution in [3.05, 3.63) is 65.4 Å². The van der Waals surface area contributed by atoms with Crippen LogP contribution in [0.2, 0.25) is 0 Å². The van der Waals surface area contributed by atoms with Gasteiger partial charge in [-0.25, -0.2) is 0 Å². The molecule has 6 heteroatoms. The van der Waals surface area contributed by atoms with E-state index in [1.165, 1.54) is 55.5 Å². The van der Waals surface area contributed by atoms with Gasteiger partial charge in [0.05, 0.1) is 23.2 Å². The molecular weight excluding hydrogens is 532 g/mol. The number of piperidine rings is 1. The van der Waals surface area contributed by atoms with Gasteiger partial charge in [0.25, 0.3) is 0 Å². The highest BCUT2D eigenvalue weighted by Crippen LogP contribution is 2.62. The van der Waals surface area contributed by atoms with Crippen molar-refractivity contribution in [1.82, 2.24) is 19.7 Å². The van der Waals surface area contributed by atoms with Crippen LogP contribution in [0, 0.1) is 11.3 Å². The second-order valence-corrected chi connectivity index (χ2v) is 14.7. The fraction of sp³-hybridized carbons (Fsp3) is 0.622. The van der Waals surface area contributed by atoms with Crippen LogP contribution in [0.1, 0.15) is 81.5 Å². The molecule has 0 saturated carbocycles. The first kappa shape index (κ1) is 28.1. The highest BCUT2D eigenvalue weighted by molar-refractivity contribution is 5.90. The van der Waals surface area contributed by atoms with E-state index in [4.69, 9.17) is 0 Å². The minimum absolute atomic E-state index is 0.0147. The molecule has 0 amide bonds. The summed E-state index contributed by atoms with van der Waals surface area (Å²) in [7, 11) is 2.27. The lowest BCUT2D eigenvalue weighted by Crippen LogP contribution is -2.66. The number of aromatic hydroxyl groups is 1. The van der Waals surface area contributed by atoms with Crippen LogP contribution in [-0.2, 0) is 6.42 Å². The molecule has 8 rings (SSSR count). The Bertz CT molecular complexity index is 1460. The molecule has 1 aliphatic carbocycles. The van der Waals surface area contributed by atoms with Crippen molar-refractivity contribution in [2.75, 3.05) is 39.8 Å². The molecular formula is C37H50N4O2. The van der Waals surface area contributed by atoms with E-state index in [0.717, 1.165) is 75.6 Å². The zero-order valence-corrected chi connectivity index (χ0v) is 26.0. The number of fused-ring (bicyclic) bond motifs is 5. The molecule has 1 aromatic heterocycles. The summed E-state index contributed by atoms with van der Waals surface area (Å²) in [4.78, 5) is 11.8. The highest BCUT2D eigenvalue weighted by atomic mass is 16.3. The number of hydrogen-bond donors (Lipinski definition) is 3. The van der Waals surface area contributed by atoms with E-state index < -0.39 is 5.60 Å². The Morgan fingerprint density at radius 2 is 1.79 bits per heavy atom. The summed E-state index contributed by atoms with van der Waals surface area (Å²) in [6, 6.07) is 6.56. The second-order valence-electron chi connectivity index (χ2n) is 14.7. The molecule has 2 aromatic rings. The van der Waals surface area contributed by atoms with Crippen LogP contribution < -0.4 is 0 Å². The van der Waals surface area contributed by atoms with E-state index in [2.05, 4.69) is 63.2 Å². The molecule has 6 heterocycles. The number of benzene rings is 1. The molecule has 5 aliphatic heterocycles. The average Bonchev–Trinajstić information content (AvgIpc) is 3.50. The van der Waals surface area contributed by atoms with E-state index in [1.807, 2.05) is 6.07 Å². The van der Waals surface area contributed by atoms with Crippen molar-refractivity contribution in [3.8, 4) is 5.75 Å². The van der Waals surface area contributed by atoms with Crippen molar-refractivity contribution in [2.24, 2.45) is 11.3 Å². The third kappa shape index (κ3) is 4.50. The van der Waals surface area contributed by atoms with Gasteiger partial charge in [-0.3, -0.25) is 9.80 Å². The normalized spacial score (nSPS) is 40.1. The number of nitrogens with zero attached hydrogens (tertiary/aromatic N) is 3. The minimum atomic E-state index is -0.887. The molecule has 1 aromatic carbocycles. The molecule has 3 unspecified atom stereocenters. The first-order chi connectivity index (χ1) is 21.0. The number of allylic oxidation sites excluding steroid dienone is 3. The molecule has 3 N–H and O–H groups in total. The Labute approximate surface area is 257 Å². The van der Waals surface area contributed by atoms with Gasteiger partial charge < -0.3 is 20.1 Å². The highest BCUT2D eigenvalue weighted by Gasteiger charge is 2.66. The topological polar surface area (TPSA) is 66.0 Å². The van der Waals surface area contributed by atoms with E-state index in [-0.39, 0.29) is 17.5 Å². The number of likely N-dealkylation sites (N-methyl/N-ethyl adjacent to an activating group) is 1. The lowest BCUT2D eigenvalue weighted by Gasteiger charge is -2.59. The standard InChI is InChI=1S/C37H50N4O2/c1-39-21-16-28-27-14-12-15-31(42)32(27)38-33(28)34(39)29-24-37(43)18-9-5-2-3-6-10-19-40-22-17-30(29)36(25-40)23-26-13-8-4-7-11-20-41(26)35(36)37/h2,5,8,12-15,24,26,30,34-35,38,42-43H,3-4,6-7,9-11,16-23,25H2,1H3/b5-2-,13-8-/t26?,30-,34?,35+,36-,37-/m0/s1. The summed E-state index contributed by atoms with van der Waals surface area (Å²) in [5.41, 5.74) is 4.01. The number of aliphatic hydroxyl groups is 1. The van der Waals surface area contributed by atoms with Gasteiger partial charge in [0.2, 0.25) is 0 Å². The molecule has 2 fully saturated rings. The van der Waals surface area contributed by atoms with Gasteiger partial charge in [0.1, 0.15) is 5.75 Å². The summed E-state index contributed by atoms with van der Waals surface area (Å²) < 4.78 is 0. The third-order valence-electron chi connectivity index (χ3n) is 12.2. The Morgan fingerprint density at radius 1 is 0.953 bits per heavy atom. The molecule has 0 radical (unpaired) electrons. The van der Waals surface area contributed by atoms with Gasteiger partial charge >= 0.3 is 0 Å². The number of para-hydroxylation sites is 1. The first-order valence-corrected chi connectivity index (χ1v) is 17.3. The third-order valence-corrected chi connectivity index (χ3v) is 12.2. The van der Waals surface area contributed by atoms with E-state index >= 15 is 0 Å². The maximum atomic E-state index is 13.2. The number of aromatic amines is 1. The predicted octanol–water partition coefficient (Wildman–Crippen LogP) is 6.09. The Kier molecular flexibility index (Phi) is 7.13. The molecule has 7 atom stereocenters. The van der Waals surface area contributed by atoms with E-state index in [9.17, 15) is 10.2 Å². The minimum Gasteiger partial charge on any atom is -0.506 e. The van der Waals surface area contributed by atoms with Crippen molar-refractivity contribution in [3.63, 3.8) is 0 Å². The summed E-state index contributed by atoms with van der Waals surface area (Å²) in [5.74, 6) is 0.755. The van der Waals surface area contributed by atoms with Gasteiger partial charge in [-0.1, -0.05) is 42.5 Å². The van der Waals surface area contributed by atoms with Crippen LogP contribution in [-0.4, -0.2) is 87.4 Å². The number of rotatable bonds is 1. The Morgan fingerprint density at radius 3 is 2.70 bits per heavy atom. The fourth-order valence-corrected chi connectivity index (χ4v) is 10.5. The van der Waals surface area contributed by atoms with Gasteiger partial charge in [-0.2, -0.15) is 0 Å². The molecule has 230 valence electrons. The lowest BCUT2D eigenvalue weighted by molar-refractivity contribution is -0.0999. The maximum Gasteiger partial charge on any atom is 0.139 e. The predicted molar refractivity (Wildman–Crippen MR) is 173 cm³/mol. The molecule has 6 nitrogen and oxygen atoms in total. The molecule has 2 saturated heterocycles. The van der Waals surface area contributed by atoms with Crippen LogP contribution in [0.3, 0.4) is 0 Å². The van der Waals surface area contributed by atoms with Crippen molar-refractivity contribution >= 4 is 10.9 Å². The smallest absolute Gasteiger partial charge is 0.139 e. The first-order valence-electron chi connectivity index (χ1n) is 17.3. The van der Waals surface area contributed by atoms with Gasteiger partial charge in [-0.15, -0.1) is 0 Å². The zero-order valence-electron chi connectivity index (χ0n) is 26.0.